The Bertz CT molecular complexity index is 688. The zero-order valence-electron chi connectivity index (χ0n) is 14.2. The van der Waals surface area contributed by atoms with Crippen LogP contribution in [0.4, 0.5) is 10.5 Å². The Labute approximate surface area is 141 Å². The van der Waals surface area contributed by atoms with E-state index in [1.165, 1.54) is 0 Å². The van der Waals surface area contributed by atoms with Gasteiger partial charge in [-0.05, 0) is 31.4 Å². The maximum Gasteiger partial charge on any atom is 0.325 e. The van der Waals surface area contributed by atoms with E-state index in [4.69, 9.17) is 0 Å². The van der Waals surface area contributed by atoms with E-state index in [2.05, 4.69) is 5.32 Å². The molecule has 24 heavy (non-hydrogen) atoms. The van der Waals surface area contributed by atoms with Gasteiger partial charge < -0.3 is 10.2 Å². The Morgan fingerprint density at radius 2 is 2.04 bits per heavy atom. The molecule has 2 aliphatic heterocycles. The molecule has 4 amide bonds. The molecule has 0 spiro atoms. The lowest BCUT2D eigenvalue weighted by Gasteiger charge is -2.22. The van der Waals surface area contributed by atoms with Crippen molar-refractivity contribution in [3.8, 4) is 0 Å². The van der Waals surface area contributed by atoms with E-state index in [1.807, 2.05) is 31.2 Å². The van der Waals surface area contributed by atoms with E-state index in [1.54, 1.807) is 11.8 Å². The summed E-state index contributed by atoms with van der Waals surface area (Å²) in [6.07, 6.45) is 3.19. The number of unbranched alkanes of at least 4 members (excludes halogenated alkanes) is 1. The highest BCUT2D eigenvalue weighted by Crippen LogP contribution is 2.28. The van der Waals surface area contributed by atoms with Crippen molar-refractivity contribution in [2.45, 2.75) is 45.1 Å². The highest BCUT2D eigenvalue weighted by atomic mass is 16.2. The van der Waals surface area contributed by atoms with Crippen LogP contribution in [0.2, 0.25) is 0 Å². The van der Waals surface area contributed by atoms with Crippen LogP contribution in [0.1, 0.15) is 38.7 Å². The van der Waals surface area contributed by atoms with Gasteiger partial charge in [0.15, 0.2) is 0 Å². The smallest absolute Gasteiger partial charge is 0.323 e. The summed E-state index contributed by atoms with van der Waals surface area (Å²) in [5, 5.41) is 2.75. The van der Waals surface area contributed by atoms with Gasteiger partial charge in [-0.15, -0.1) is 0 Å². The second kappa shape index (κ2) is 6.26. The first kappa shape index (κ1) is 16.5. The minimum Gasteiger partial charge on any atom is -0.323 e. The molecule has 6 heteroatoms. The van der Waals surface area contributed by atoms with Crippen molar-refractivity contribution in [3.63, 3.8) is 0 Å². The van der Waals surface area contributed by atoms with E-state index >= 15 is 0 Å². The van der Waals surface area contributed by atoms with E-state index in [0.717, 1.165) is 35.4 Å². The molecule has 0 aromatic heterocycles. The third-order valence-corrected chi connectivity index (χ3v) is 4.86. The van der Waals surface area contributed by atoms with Gasteiger partial charge in [-0.1, -0.05) is 38.0 Å². The average molecular weight is 329 g/mol. The fraction of sp³-hybridized carbons (Fsp3) is 0.500. The summed E-state index contributed by atoms with van der Waals surface area (Å²) in [6.45, 7) is 4.16. The minimum absolute atomic E-state index is 0.208. The molecule has 2 heterocycles. The van der Waals surface area contributed by atoms with Gasteiger partial charge >= 0.3 is 6.03 Å². The van der Waals surface area contributed by atoms with Crippen LogP contribution in [0.3, 0.4) is 0 Å². The van der Waals surface area contributed by atoms with E-state index < -0.39 is 11.6 Å². The maximum atomic E-state index is 12.6. The number of carbonyl (C=O) groups excluding carboxylic acids is 3. The highest BCUT2D eigenvalue weighted by Gasteiger charge is 2.48. The molecule has 1 N–H and O–H groups in total. The molecule has 0 unspecified atom stereocenters. The third-order valence-electron chi connectivity index (χ3n) is 4.86. The fourth-order valence-corrected chi connectivity index (χ4v) is 3.41. The number of fused-ring (bicyclic) bond motifs is 1. The van der Waals surface area contributed by atoms with Crippen molar-refractivity contribution in [3.05, 3.63) is 29.8 Å². The van der Waals surface area contributed by atoms with Crippen LogP contribution < -0.4 is 10.2 Å². The first-order valence-electron chi connectivity index (χ1n) is 8.48. The summed E-state index contributed by atoms with van der Waals surface area (Å²) in [6, 6.07) is 7.26. The number of amides is 4. The number of carbonyl (C=O) groups is 3. The predicted octanol–water partition coefficient (Wildman–Crippen LogP) is 2.08. The van der Waals surface area contributed by atoms with E-state index in [0.29, 0.717) is 13.0 Å². The lowest BCUT2D eigenvalue weighted by molar-refractivity contribution is -0.134. The van der Waals surface area contributed by atoms with Crippen molar-refractivity contribution in [1.82, 2.24) is 10.2 Å². The lowest BCUT2D eigenvalue weighted by atomic mass is 9.95. The van der Waals surface area contributed by atoms with Crippen LogP contribution in [0.15, 0.2) is 24.3 Å². The predicted molar refractivity (Wildman–Crippen MR) is 90.7 cm³/mol. The second-order valence-corrected chi connectivity index (χ2v) is 6.68. The standard InChI is InChI=1S/C18H23N3O3/c1-3-4-10-18(2)16(23)21(17(24)19-18)12-15(22)20-11-9-13-7-5-6-8-14(13)20/h5-8H,3-4,9-12H2,1-2H3,(H,19,24)/t18-/m1/s1. The number of urea groups is 1. The first-order chi connectivity index (χ1) is 11.5. The molecule has 128 valence electrons. The fourth-order valence-electron chi connectivity index (χ4n) is 3.41. The third kappa shape index (κ3) is 2.77. The molecule has 0 saturated carbocycles. The number of hydrogen-bond acceptors (Lipinski definition) is 3. The first-order valence-corrected chi connectivity index (χ1v) is 8.48. The molecule has 1 fully saturated rings. The van der Waals surface area contributed by atoms with Crippen LogP contribution in [0.25, 0.3) is 0 Å². The number of imide groups is 1. The topological polar surface area (TPSA) is 69.7 Å². The minimum atomic E-state index is -0.893. The number of nitrogens with one attached hydrogen (secondary N) is 1. The molecular weight excluding hydrogens is 306 g/mol. The Morgan fingerprint density at radius 3 is 2.79 bits per heavy atom. The number of para-hydroxylation sites is 1. The molecule has 1 aromatic rings. The van der Waals surface area contributed by atoms with Crippen LogP contribution >= 0.6 is 0 Å². The SMILES string of the molecule is CCCC[C@@]1(C)NC(=O)N(CC(=O)N2CCc3ccccc32)C1=O. The largest absolute Gasteiger partial charge is 0.325 e. The molecule has 3 rings (SSSR count). The number of anilines is 1. The van der Waals surface area contributed by atoms with Gasteiger partial charge in [0, 0.05) is 12.2 Å². The van der Waals surface area contributed by atoms with Crippen LogP contribution in [0.5, 0.6) is 0 Å². The van der Waals surface area contributed by atoms with Gasteiger partial charge in [-0.3, -0.25) is 14.5 Å². The second-order valence-electron chi connectivity index (χ2n) is 6.68. The molecule has 0 aliphatic carbocycles. The Balaban J connectivity index is 1.71. The zero-order valence-corrected chi connectivity index (χ0v) is 14.2. The quantitative estimate of drug-likeness (QED) is 0.841. The molecule has 6 nitrogen and oxygen atoms in total. The van der Waals surface area contributed by atoms with E-state index in [-0.39, 0.29) is 18.4 Å². The molecule has 0 radical (unpaired) electrons. The van der Waals surface area contributed by atoms with Gasteiger partial charge in [-0.2, -0.15) is 0 Å². The van der Waals surface area contributed by atoms with Crippen molar-refractivity contribution in [2.24, 2.45) is 0 Å². The van der Waals surface area contributed by atoms with Gasteiger partial charge in [0.05, 0.1) is 0 Å². The Hall–Kier alpha value is -2.37. The van der Waals surface area contributed by atoms with Crippen molar-refractivity contribution in [2.75, 3.05) is 18.0 Å². The number of rotatable bonds is 5. The Kier molecular flexibility index (Phi) is 4.30. The monoisotopic (exact) mass is 329 g/mol. The van der Waals surface area contributed by atoms with Crippen LogP contribution in [-0.2, 0) is 16.0 Å². The molecule has 1 saturated heterocycles. The van der Waals surface area contributed by atoms with E-state index in [9.17, 15) is 14.4 Å². The maximum absolute atomic E-state index is 12.6. The molecule has 2 aliphatic rings. The summed E-state index contributed by atoms with van der Waals surface area (Å²) >= 11 is 0. The summed E-state index contributed by atoms with van der Waals surface area (Å²) in [4.78, 5) is 40.1. The summed E-state index contributed by atoms with van der Waals surface area (Å²) in [7, 11) is 0. The van der Waals surface area contributed by atoms with Crippen molar-refractivity contribution in [1.29, 1.82) is 0 Å². The van der Waals surface area contributed by atoms with Gasteiger partial charge in [0.1, 0.15) is 12.1 Å². The molecule has 1 aromatic carbocycles. The molecule has 1 atom stereocenters. The molecular formula is C18H23N3O3. The summed E-state index contributed by atoms with van der Waals surface area (Å²) < 4.78 is 0. The average Bonchev–Trinajstić information content (AvgIpc) is 3.08. The molecule has 0 bridgehead atoms. The van der Waals surface area contributed by atoms with Crippen molar-refractivity contribution < 1.29 is 14.4 Å². The van der Waals surface area contributed by atoms with Gasteiger partial charge in [0.2, 0.25) is 5.91 Å². The highest BCUT2D eigenvalue weighted by molar-refractivity contribution is 6.10. The normalized spacial score (nSPS) is 22.8. The van der Waals surface area contributed by atoms with Gasteiger partial charge in [-0.25, -0.2) is 4.79 Å². The zero-order chi connectivity index (χ0) is 17.3. The van der Waals surface area contributed by atoms with Crippen LogP contribution in [-0.4, -0.2) is 41.4 Å². The van der Waals surface area contributed by atoms with Crippen LogP contribution in [0, 0.1) is 0 Å². The number of hydrogen-bond donors (Lipinski definition) is 1. The summed E-state index contributed by atoms with van der Waals surface area (Å²) in [5.41, 5.74) is 1.11. The van der Waals surface area contributed by atoms with Gasteiger partial charge in [0.25, 0.3) is 5.91 Å². The number of benzene rings is 1. The Morgan fingerprint density at radius 1 is 1.29 bits per heavy atom. The lowest BCUT2D eigenvalue weighted by Crippen LogP contribution is -2.45. The van der Waals surface area contributed by atoms with Crippen molar-refractivity contribution >= 4 is 23.5 Å². The summed E-state index contributed by atoms with van der Waals surface area (Å²) in [5.74, 6) is -0.523. The number of nitrogens with zero attached hydrogens (tertiary/aromatic N) is 2.